The van der Waals surface area contributed by atoms with E-state index >= 15 is 0 Å². The van der Waals surface area contributed by atoms with Crippen molar-refractivity contribution in [1.29, 1.82) is 0 Å². The molecule has 0 aliphatic carbocycles. The van der Waals surface area contributed by atoms with Crippen molar-refractivity contribution in [1.82, 2.24) is 0 Å². The predicted molar refractivity (Wildman–Crippen MR) is 63.3 cm³/mol. The SMILES string of the molecule is Cl.NCCCC[C@@H](N)c1c(F)c(F)c(F)c(F)c1F. The summed E-state index contributed by atoms with van der Waals surface area (Å²) in [6.45, 7) is 0.365. The highest BCUT2D eigenvalue weighted by molar-refractivity contribution is 5.85. The number of halogens is 6. The number of unbranched alkanes of at least 4 members (excludes halogenated alkanes) is 1. The van der Waals surface area contributed by atoms with E-state index in [1.807, 2.05) is 0 Å². The molecular weight excluding hydrogens is 291 g/mol. The van der Waals surface area contributed by atoms with Gasteiger partial charge in [-0.25, -0.2) is 22.0 Å². The first-order chi connectivity index (χ1) is 8.41. The zero-order valence-electron chi connectivity index (χ0n) is 9.86. The van der Waals surface area contributed by atoms with Crippen LogP contribution in [0, 0.1) is 29.1 Å². The van der Waals surface area contributed by atoms with Crippen molar-refractivity contribution in [2.45, 2.75) is 25.3 Å². The van der Waals surface area contributed by atoms with Crippen molar-refractivity contribution < 1.29 is 22.0 Å². The highest BCUT2D eigenvalue weighted by Crippen LogP contribution is 2.28. The lowest BCUT2D eigenvalue weighted by molar-refractivity contribution is 0.361. The molecule has 0 saturated carbocycles. The summed E-state index contributed by atoms with van der Waals surface area (Å²) in [5.41, 5.74) is 9.70. The zero-order chi connectivity index (χ0) is 13.9. The summed E-state index contributed by atoms with van der Waals surface area (Å²) in [5, 5.41) is 0. The fourth-order valence-electron chi connectivity index (χ4n) is 1.60. The summed E-state index contributed by atoms with van der Waals surface area (Å²) in [6, 6.07) is -1.25. The highest BCUT2D eigenvalue weighted by atomic mass is 35.5. The minimum atomic E-state index is -2.18. The second-order valence-corrected chi connectivity index (χ2v) is 3.87. The summed E-state index contributed by atoms with van der Waals surface area (Å²) in [7, 11) is 0. The molecule has 1 rings (SSSR count). The molecule has 1 aromatic carbocycles. The van der Waals surface area contributed by atoms with Gasteiger partial charge in [0.15, 0.2) is 23.3 Å². The minimum Gasteiger partial charge on any atom is -0.330 e. The lowest BCUT2D eigenvalue weighted by atomic mass is 10.00. The molecule has 0 unspecified atom stereocenters. The van der Waals surface area contributed by atoms with Gasteiger partial charge in [-0.05, 0) is 19.4 Å². The third kappa shape index (κ3) is 3.77. The lowest BCUT2D eigenvalue weighted by Crippen LogP contribution is -2.18. The second-order valence-electron chi connectivity index (χ2n) is 3.87. The summed E-state index contributed by atoms with van der Waals surface area (Å²) in [6.07, 6.45) is 1.09. The van der Waals surface area contributed by atoms with Gasteiger partial charge in [0.2, 0.25) is 5.82 Å². The van der Waals surface area contributed by atoms with Gasteiger partial charge in [-0.2, -0.15) is 0 Å². The van der Waals surface area contributed by atoms with Crippen LogP contribution < -0.4 is 11.5 Å². The molecule has 0 aromatic heterocycles. The van der Waals surface area contributed by atoms with E-state index in [2.05, 4.69) is 0 Å². The maximum atomic E-state index is 13.3. The number of nitrogens with two attached hydrogens (primary N) is 2. The van der Waals surface area contributed by atoms with Gasteiger partial charge in [0.25, 0.3) is 0 Å². The van der Waals surface area contributed by atoms with E-state index in [-0.39, 0.29) is 18.8 Å². The molecule has 0 bridgehead atoms. The normalized spacial score (nSPS) is 12.2. The van der Waals surface area contributed by atoms with Gasteiger partial charge in [-0.1, -0.05) is 6.42 Å². The molecule has 0 saturated heterocycles. The molecule has 0 aliphatic rings. The molecule has 0 spiro atoms. The summed E-state index contributed by atoms with van der Waals surface area (Å²) < 4.78 is 65.3. The van der Waals surface area contributed by atoms with Crippen LogP contribution in [0.3, 0.4) is 0 Å². The Morgan fingerprint density at radius 3 is 1.63 bits per heavy atom. The van der Waals surface area contributed by atoms with Crippen LogP contribution in [-0.4, -0.2) is 6.54 Å². The first kappa shape index (κ1) is 18.1. The van der Waals surface area contributed by atoms with Gasteiger partial charge in [0.05, 0.1) is 0 Å². The van der Waals surface area contributed by atoms with Crippen LogP contribution in [0.2, 0.25) is 0 Å². The van der Waals surface area contributed by atoms with Gasteiger partial charge >= 0.3 is 0 Å². The molecule has 0 fully saturated rings. The monoisotopic (exact) mass is 304 g/mol. The Hall–Kier alpha value is -0.920. The van der Waals surface area contributed by atoms with Gasteiger partial charge in [-0.3, -0.25) is 0 Å². The van der Waals surface area contributed by atoms with Crippen molar-refractivity contribution in [3.05, 3.63) is 34.6 Å². The Balaban J connectivity index is 0.00000324. The van der Waals surface area contributed by atoms with E-state index in [1.165, 1.54) is 0 Å². The van der Waals surface area contributed by atoms with Crippen LogP contribution >= 0.6 is 12.4 Å². The summed E-state index contributed by atoms with van der Waals surface area (Å²) in [5.74, 6) is -9.86. The van der Waals surface area contributed by atoms with Crippen LogP contribution in [-0.2, 0) is 0 Å². The van der Waals surface area contributed by atoms with E-state index in [9.17, 15) is 22.0 Å². The molecule has 0 heterocycles. The summed E-state index contributed by atoms with van der Waals surface area (Å²) >= 11 is 0. The predicted octanol–water partition coefficient (Wildman–Crippen LogP) is 2.93. The maximum Gasteiger partial charge on any atom is 0.200 e. The smallest absolute Gasteiger partial charge is 0.200 e. The fourth-order valence-corrected chi connectivity index (χ4v) is 1.60. The van der Waals surface area contributed by atoms with Crippen molar-refractivity contribution in [3.63, 3.8) is 0 Å². The fraction of sp³-hybridized carbons (Fsp3) is 0.455. The first-order valence-electron chi connectivity index (χ1n) is 5.38. The van der Waals surface area contributed by atoms with Crippen molar-refractivity contribution >= 4 is 12.4 Å². The first-order valence-corrected chi connectivity index (χ1v) is 5.38. The molecule has 0 aliphatic heterocycles. The number of benzene rings is 1. The van der Waals surface area contributed by atoms with E-state index in [0.29, 0.717) is 19.4 Å². The summed E-state index contributed by atoms with van der Waals surface area (Å²) in [4.78, 5) is 0. The number of hydrogen-bond acceptors (Lipinski definition) is 2. The second kappa shape index (κ2) is 7.62. The van der Waals surface area contributed by atoms with Crippen LogP contribution in [0.25, 0.3) is 0 Å². The van der Waals surface area contributed by atoms with E-state index < -0.39 is 40.7 Å². The van der Waals surface area contributed by atoms with Crippen LogP contribution in [0.15, 0.2) is 0 Å². The largest absolute Gasteiger partial charge is 0.330 e. The molecule has 1 atom stereocenters. The van der Waals surface area contributed by atoms with Gasteiger partial charge in [-0.15, -0.1) is 12.4 Å². The molecule has 0 radical (unpaired) electrons. The highest BCUT2D eigenvalue weighted by Gasteiger charge is 2.28. The standard InChI is InChI=1S/C11H13F5N2.ClH/c12-7-6(5(18)3-1-2-4-17)8(13)10(15)11(16)9(7)14;/h5H,1-4,17-18H2;1H/t5-;/m1./s1. The van der Waals surface area contributed by atoms with E-state index in [4.69, 9.17) is 11.5 Å². The zero-order valence-corrected chi connectivity index (χ0v) is 10.7. The molecule has 1 aromatic rings. The Bertz CT molecular complexity index is 413. The van der Waals surface area contributed by atoms with Crippen molar-refractivity contribution in [3.8, 4) is 0 Å². The maximum absolute atomic E-state index is 13.3. The van der Waals surface area contributed by atoms with Crippen molar-refractivity contribution in [2.24, 2.45) is 11.5 Å². The number of rotatable bonds is 5. The van der Waals surface area contributed by atoms with Crippen LogP contribution in [0.4, 0.5) is 22.0 Å². The Labute approximate surface area is 113 Å². The van der Waals surface area contributed by atoms with Gasteiger partial charge < -0.3 is 11.5 Å². The molecule has 4 N–H and O–H groups in total. The molecule has 0 amide bonds. The third-order valence-electron chi connectivity index (χ3n) is 2.58. The van der Waals surface area contributed by atoms with Crippen molar-refractivity contribution in [2.75, 3.05) is 6.54 Å². The number of hydrogen-bond donors (Lipinski definition) is 2. The molecule has 110 valence electrons. The average molecular weight is 305 g/mol. The van der Waals surface area contributed by atoms with E-state index in [1.54, 1.807) is 0 Å². The van der Waals surface area contributed by atoms with Gasteiger partial charge in [0, 0.05) is 11.6 Å². The molecule has 2 nitrogen and oxygen atoms in total. The molecule has 8 heteroatoms. The average Bonchev–Trinajstić information content (AvgIpc) is 2.34. The topological polar surface area (TPSA) is 52.0 Å². The Morgan fingerprint density at radius 2 is 1.21 bits per heavy atom. The third-order valence-corrected chi connectivity index (χ3v) is 2.58. The molecule has 19 heavy (non-hydrogen) atoms. The minimum absolute atomic E-state index is 0. The Morgan fingerprint density at radius 1 is 0.789 bits per heavy atom. The quantitative estimate of drug-likeness (QED) is 0.380. The lowest BCUT2D eigenvalue weighted by Gasteiger charge is -2.15. The van der Waals surface area contributed by atoms with E-state index in [0.717, 1.165) is 0 Å². The van der Waals surface area contributed by atoms with Crippen LogP contribution in [0.1, 0.15) is 30.9 Å². The Kier molecular flexibility index (Phi) is 7.25. The van der Waals surface area contributed by atoms with Crippen LogP contribution in [0.5, 0.6) is 0 Å². The molecular formula is C11H14ClF5N2. The van der Waals surface area contributed by atoms with Gasteiger partial charge in [0.1, 0.15) is 0 Å².